The summed E-state index contributed by atoms with van der Waals surface area (Å²) in [6.07, 6.45) is 14.8. The van der Waals surface area contributed by atoms with Crippen LogP contribution in [0.15, 0.2) is 12.2 Å². The zero-order chi connectivity index (χ0) is 23.2. The van der Waals surface area contributed by atoms with Gasteiger partial charge in [-0.3, -0.25) is 4.48 Å². The zero-order valence-corrected chi connectivity index (χ0v) is 19.1. The standard InChI is InChI=1S/C23H41NO6/c1-5-6-7-8-9-10-11-12-13-14-15-16-17-24(18(2)21(25)26,19(3)22(27)28)20(4)23(29)30/h10-11,18-20H,5-9,12-17H2,1-4H3,(H2-,25,26,27,28,29,30)/b11-10+. The van der Waals surface area contributed by atoms with E-state index in [9.17, 15) is 29.7 Å². The van der Waals surface area contributed by atoms with Crippen LogP contribution in [0.3, 0.4) is 0 Å². The average Bonchev–Trinajstić information content (AvgIpc) is 2.70. The van der Waals surface area contributed by atoms with Crippen molar-refractivity contribution in [3.63, 3.8) is 0 Å². The normalized spacial score (nSPS) is 16.7. The minimum Gasteiger partial charge on any atom is -0.544 e. The van der Waals surface area contributed by atoms with Crippen molar-refractivity contribution in [2.45, 2.75) is 110 Å². The smallest absolute Gasteiger partial charge is 0.362 e. The Morgan fingerprint density at radius 3 is 1.60 bits per heavy atom. The van der Waals surface area contributed by atoms with E-state index in [0.717, 1.165) is 32.1 Å². The highest BCUT2D eigenvalue weighted by molar-refractivity contribution is 5.76. The molecule has 0 saturated carbocycles. The average molecular weight is 428 g/mol. The summed E-state index contributed by atoms with van der Waals surface area (Å²) < 4.78 is -0.551. The van der Waals surface area contributed by atoms with Gasteiger partial charge < -0.3 is 20.1 Å². The number of unbranched alkanes of at least 4 members (excludes halogenated alkanes) is 8. The molecule has 0 bridgehead atoms. The van der Waals surface area contributed by atoms with Crippen molar-refractivity contribution in [1.82, 2.24) is 0 Å². The second-order valence-electron chi connectivity index (χ2n) is 8.27. The third-order valence-corrected chi connectivity index (χ3v) is 6.28. The zero-order valence-electron chi connectivity index (χ0n) is 19.1. The van der Waals surface area contributed by atoms with E-state index >= 15 is 0 Å². The molecule has 0 radical (unpaired) electrons. The molecule has 3 atom stereocenters. The van der Waals surface area contributed by atoms with Gasteiger partial charge >= 0.3 is 11.9 Å². The number of carboxylic acid groups (broad SMARTS) is 3. The molecule has 0 heterocycles. The van der Waals surface area contributed by atoms with Gasteiger partial charge in [0.05, 0.1) is 12.5 Å². The number of carboxylic acids is 3. The highest BCUT2D eigenvalue weighted by Crippen LogP contribution is 2.27. The van der Waals surface area contributed by atoms with E-state index in [0.29, 0.717) is 6.42 Å². The Labute approximate surface area is 181 Å². The maximum absolute atomic E-state index is 11.7. The molecule has 0 aliphatic rings. The van der Waals surface area contributed by atoms with Crippen LogP contribution in [0.5, 0.6) is 0 Å². The molecule has 0 aromatic rings. The number of hydrogen-bond acceptors (Lipinski definition) is 4. The lowest BCUT2D eigenvalue weighted by molar-refractivity contribution is -0.969. The predicted octanol–water partition coefficient (Wildman–Crippen LogP) is 3.36. The maximum Gasteiger partial charge on any atom is 0.362 e. The summed E-state index contributed by atoms with van der Waals surface area (Å²) in [5.41, 5.74) is 0. The highest BCUT2D eigenvalue weighted by atomic mass is 16.4. The molecule has 2 N–H and O–H groups in total. The number of rotatable bonds is 18. The summed E-state index contributed by atoms with van der Waals surface area (Å²) in [6, 6.07) is -3.57. The lowest BCUT2D eigenvalue weighted by Gasteiger charge is -2.49. The van der Waals surface area contributed by atoms with Crippen molar-refractivity contribution in [1.29, 1.82) is 0 Å². The second kappa shape index (κ2) is 15.0. The largest absolute Gasteiger partial charge is 0.544 e. The number of carbonyl (C=O) groups is 3. The third-order valence-electron chi connectivity index (χ3n) is 6.28. The fourth-order valence-corrected chi connectivity index (χ4v) is 4.12. The number of quaternary nitrogens is 1. The first-order valence-electron chi connectivity index (χ1n) is 11.3. The van der Waals surface area contributed by atoms with Gasteiger partial charge in [0.15, 0.2) is 12.1 Å². The Bertz CT molecular complexity index is 510. The maximum atomic E-state index is 11.7. The van der Waals surface area contributed by atoms with Gasteiger partial charge in [-0.05, 0) is 59.3 Å². The summed E-state index contributed by atoms with van der Waals surface area (Å²) in [4.78, 5) is 35.0. The molecule has 0 rings (SSSR count). The van der Waals surface area contributed by atoms with E-state index in [2.05, 4.69) is 19.1 Å². The van der Waals surface area contributed by atoms with Crippen molar-refractivity contribution < 1.29 is 34.2 Å². The van der Waals surface area contributed by atoms with Crippen LogP contribution >= 0.6 is 0 Å². The van der Waals surface area contributed by atoms with Gasteiger partial charge in [-0.1, -0.05) is 44.8 Å². The third kappa shape index (κ3) is 8.86. The van der Waals surface area contributed by atoms with E-state index < -0.39 is 40.5 Å². The van der Waals surface area contributed by atoms with Crippen molar-refractivity contribution in [2.75, 3.05) is 6.54 Å². The van der Waals surface area contributed by atoms with Gasteiger partial charge in [0.25, 0.3) is 0 Å². The summed E-state index contributed by atoms with van der Waals surface area (Å²) in [5.74, 6) is -3.85. The van der Waals surface area contributed by atoms with Crippen LogP contribution in [0.2, 0.25) is 0 Å². The Hall–Kier alpha value is -1.89. The fraction of sp³-hybridized carbons (Fsp3) is 0.783. The van der Waals surface area contributed by atoms with E-state index in [-0.39, 0.29) is 6.54 Å². The number of hydrogen-bond donors (Lipinski definition) is 2. The molecular formula is C23H41NO6. The molecule has 0 aliphatic carbocycles. The molecule has 0 aliphatic heterocycles. The van der Waals surface area contributed by atoms with Gasteiger partial charge in [-0.25, -0.2) is 9.59 Å². The Balaban J connectivity index is 4.77. The monoisotopic (exact) mass is 427 g/mol. The highest BCUT2D eigenvalue weighted by Gasteiger charge is 2.50. The van der Waals surface area contributed by atoms with Crippen LogP contribution in [-0.4, -0.2) is 57.3 Å². The van der Waals surface area contributed by atoms with Gasteiger partial charge in [-0.2, -0.15) is 0 Å². The summed E-state index contributed by atoms with van der Waals surface area (Å²) in [7, 11) is 0. The molecule has 7 nitrogen and oxygen atoms in total. The number of allylic oxidation sites excluding steroid dienone is 2. The van der Waals surface area contributed by atoms with Crippen molar-refractivity contribution in [3.8, 4) is 0 Å². The van der Waals surface area contributed by atoms with Gasteiger partial charge in [-0.15, -0.1) is 0 Å². The minimum atomic E-state index is -1.43. The molecule has 0 amide bonds. The van der Waals surface area contributed by atoms with Crippen LogP contribution in [0, 0.1) is 0 Å². The lowest BCUT2D eigenvalue weighted by atomic mass is 10.00. The van der Waals surface area contributed by atoms with Crippen LogP contribution in [-0.2, 0) is 14.4 Å². The van der Waals surface area contributed by atoms with E-state index in [1.54, 1.807) is 0 Å². The van der Waals surface area contributed by atoms with Crippen LogP contribution in [0.25, 0.3) is 0 Å². The molecular weight excluding hydrogens is 386 g/mol. The van der Waals surface area contributed by atoms with Crippen LogP contribution in [0.1, 0.15) is 91.9 Å². The molecule has 174 valence electrons. The topological polar surface area (TPSA) is 115 Å². The van der Waals surface area contributed by atoms with Crippen LogP contribution < -0.4 is 5.11 Å². The van der Waals surface area contributed by atoms with Gasteiger partial charge in [0, 0.05) is 0 Å². The molecule has 0 spiro atoms. The Kier molecular flexibility index (Phi) is 14.0. The first-order valence-corrected chi connectivity index (χ1v) is 11.3. The summed E-state index contributed by atoms with van der Waals surface area (Å²) in [5, 5.41) is 30.7. The fourth-order valence-electron chi connectivity index (χ4n) is 4.12. The minimum absolute atomic E-state index is 0.170. The molecule has 0 saturated heterocycles. The first-order chi connectivity index (χ1) is 14.1. The van der Waals surface area contributed by atoms with Crippen molar-refractivity contribution in [2.24, 2.45) is 0 Å². The van der Waals surface area contributed by atoms with E-state index in [1.807, 2.05) is 0 Å². The van der Waals surface area contributed by atoms with Crippen LogP contribution in [0.4, 0.5) is 0 Å². The summed E-state index contributed by atoms with van der Waals surface area (Å²) >= 11 is 0. The Morgan fingerprint density at radius 1 is 0.767 bits per heavy atom. The molecule has 0 aromatic heterocycles. The van der Waals surface area contributed by atoms with Crippen molar-refractivity contribution >= 4 is 17.9 Å². The number of carbonyl (C=O) groups excluding carboxylic acids is 1. The molecule has 3 unspecified atom stereocenters. The van der Waals surface area contributed by atoms with E-state index in [1.165, 1.54) is 46.5 Å². The Morgan fingerprint density at radius 2 is 1.20 bits per heavy atom. The molecule has 0 fully saturated rings. The van der Waals surface area contributed by atoms with Crippen molar-refractivity contribution in [3.05, 3.63) is 12.2 Å². The lowest BCUT2D eigenvalue weighted by Crippen LogP contribution is -2.72. The first kappa shape index (κ1) is 28.1. The second-order valence-corrected chi connectivity index (χ2v) is 8.27. The summed E-state index contributed by atoms with van der Waals surface area (Å²) in [6.45, 7) is 6.48. The predicted molar refractivity (Wildman–Crippen MR) is 115 cm³/mol. The number of nitrogens with zero attached hydrogens (tertiary/aromatic N) is 1. The SMILES string of the molecule is CCCCCC/C=C/CCCCCC[N+](C(C)C(=O)[O-])(C(C)C(=O)O)C(C)C(=O)O. The van der Waals surface area contributed by atoms with Gasteiger partial charge in [0.2, 0.25) is 0 Å². The quantitative estimate of drug-likeness (QED) is 0.197. The number of aliphatic carboxylic acids is 3. The van der Waals surface area contributed by atoms with Gasteiger partial charge in [0.1, 0.15) is 6.04 Å². The molecule has 0 aromatic carbocycles. The molecule has 7 heteroatoms. The molecule has 30 heavy (non-hydrogen) atoms. The van der Waals surface area contributed by atoms with E-state index in [4.69, 9.17) is 0 Å².